The fourth-order valence-electron chi connectivity index (χ4n) is 1.74. The van der Waals surface area contributed by atoms with Crippen LogP contribution in [0.15, 0.2) is 70.8 Å². The second kappa shape index (κ2) is 6.97. The second-order valence-electron chi connectivity index (χ2n) is 4.86. The van der Waals surface area contributed by atoms with Gasteiger partial charge in [-0.2, -0.15) is 0 Å². The van der Waals surface area contributed by atoms with Gasteiger partial charge in [0.15, 0.2) is 0 Å². The van der Waals surface area contributed by atoms with Crippen molar-refractivity contribution in [1.29, 1.82) is 0 Å². The molecule has 0 aromatic heterocycles. The van der Waals surface area contributed by atoms with Gasteiger partial charge in [-0.3, -0.25) is 0 Å². The summed E-state index contributed by atoms with van der Waals surface area (Å²) in [6, 6.07) is 12.1. The predicted molar refractivity (Wildman–Crippen MR) is 80.3 cm³/mol. The molecule has 0 radical (unpaired) electrons. The molecule has 0 spiro atoms. The third-order valence-electron chi connectivity index (χ3n) is 2.99. The van der Waals surface area contributed by atoms with Crippen LogP contribution in [0.1, 0.15) is 27.7 Å². The lowest BCUT2D eigenvalue weighted by molar-refractivity contribution is 0.870. The van der Waals surface area contributed by atoms with E-state index in [0.29, 0.717) is 0 Å². The van der Waals surface area contributed by atoms with Gasteiger partial charge in [0.2, 0.25) is 0 Å². The molecule has 0 atom stereocenters. The zero-order valence-electron chi connectivity index (χ0n) is 11.8. The molecule has 1 nitrogen and oxygen atoms in total. The van der Waals surface area contributed by atoms with Crippen LogP contribution in [0, 0.1) is 0 Å². The van der Waals surface area contributed by atoms with E-state index in [1.54, 1.807) is 0 Å². The van der Waals surface area contributed by atoms with E-state index in [2.05, 4.69) is 39.8 Å². The Morgan fingerprint density at radius 1 is 0.833 bits per heavy atom. The molecule has 18 heavy (non-hydrogen) atoms. The van der Waals surface area contributed by atoms with E-state index in [1.807, 2.05) is 36.4 Å². The molecule has 1 heteroatoms. The van der Waals surface area contributed by atoms with Gasteiger partial charge in [0.1, 0.15) is 0 Å². The van der Waals surface area contributed by atoms with Crippen LogP contribution in [0.2, 0.25) is 0 Å². The number of rotatable bonds is 0. The maximum absolute atomic E-state index is 5.92. The maximum Gasteiger partial charge on any atom is 0.0471 e. The van der Waals surface area contributed by atoms with E-state index in [-0.39, 0.29) is 6.04 Å². The van der Waals surface area contributed by atoms with Crippen molar-refractivity contribution in [2.24, 2.45) is 5.73 Å². The Hall–Kier alpha value is -1.60. The van der Waals surface area contributed by atoms with E-state index in [4.69, 9.17) is 5.73 Å². The van der Waals surface area contributed by atoms with Gasteiger partial charge >= 0.3 is 0 Å². The Kier molecular flexibility index (Phi) is 5.60. The lowest BCUT2D eigenvalue weighted by Crippen LogP contribution is -2.24. The third kappa shape index (κ3) is 4.34. The Morgan fingerprint density at radius 3 is 1.44 bits per heavy atom. The summed E-state index contributed by atoms with van der Waals surface area (Å²) in [4.78, 5) is 0. The summed E-state index contributed by atoms with van der Waals surface area (Å²) >= 11 is 0. The summed E-state index contributed by atoms with van der Waals surface area (Å²) in [6.45, 7) is 8.42. The average molecular weight is 241 g/mol. The SMILES string of the molecule is CC1=CC(=C(C)C)C=C(C)C1N.c1ccccc1. The van der Waals surface area contributed by atoms with Crippen molar-refractivity contribution in [3.05, 3.63) is 70.8 Å². The first kappa shape index (κ1) is 14.5. The summed E-state index contributed by atoms with van der Waals surface area (Å²) in [5.74, 6) is 0. The smallest absolute Gasteiger partial charge is 0.0471 e. The largest absolute Gasteiger partial charge is 0.321 e. The first-order valence-electron chi connectivity index (χ1n) is 6.32. The number of nitrogens with two attached hydrogens (primary N) is 1. The van der Waals surface area contributed by atoms with Crippen molar-refractivity contribution in [3.8, 4) is 0 Å². The van der Waals surface area contributed by atoms with Crippen LogP contribution in [0.25, 0.3) is 0 Å². The Bertz CT molecular complexity index is 411. The summed E-state index contributed by atoms with van der Waals surface area (Å²) in [5, 5.41) is 0. The minimum atomic E-state index is 0.132. The highest BCUT2D eigenvalue weighted by Crippen LogP contribution is 2.22. The van der Waals surface area contributed by atoms with Gasteiger partial charge in [-0.15, -0.1) is 0 Å². The van der Waals surface area contributed by atoms with Crippen molar-refractivity contribution in [3.63, 3.8) is 0 Å². The van der Waals surface area contributed by atoms with Gasteiger partial charge in [0, 0.05) is 6.04 Å². The molecule has 0 saturated heterocycles. The normalized spacial score (nSPS) is 18.3. The van der Waals surface area contributed by atoms with Gasteiger partial charge in [-0.25, -0.2) is 0 Å². The van der Waals surface area contributed by atoms with E-state index >= 15 is 0 Å². The molecule has 0 saturated carbocycles. The van der Waals surface area contributed by atoms with E-state index in [1.165, 1.54) is 22.3 Å². The first-order chi connectivity index (χ1) is 8.52. The number of hydrogen-bond acceptors (Lipinski definition) is 1. The highest BCUT2D eigenvalue weighted by atomic mass is 14.6. The maximum atomic E-state index is 5.92. The number of hydrogen-bond donors (Lipinski definition) is 1. The van der Waals surface area contributed by atoms with Gasteiger partial charge in [-0.1, -0.05) is 65.3 Å². The minimum absolute atomic E-state index is 0.132. The van der Waals surface area contributed by atoms with Crippen LogP contribution in [0.5, 0.6) is 0 Å². The Balaban J connectivity index is 0.000000225. The van der Waals surface area contributed by atoms with Crippen LogP contribution in [-0.4, -0.2) is 6.04 Å². The molecular weight excluding hydrogens is 218 g/mol. The van der Waals surface area contributed by atoms with Gasteiger partial charge in [-0.05, 0) is 33.3 Å². The lowest BCUT2D eigenvalue weighted by Gasteiger charge is -2.19. The van der Waals surface area contributed by atoms with Gasteiger partial charge in [0.25, 0.3) is 0 Å². The molecule has 0 aliphatic heterocycles. The van der Waals surface area contributed by atoms with Crippen LogP contribution in [0.4, 0.5) is 0 Å². The molecular formula is C17H23N. The van der Waals surface area contributed by atoms with Crippen LogP contribution < -0.4 is 5.73 Å². The molecule has 96 valence electrons. The number of allylic oxidation sites excluding steroid dienone is 4. The predicted octanol–water partition coefficient (Wildman–Crippen LogP) is 4.24. The molecule has 2 rings (SSSR count). The summed E-state index contributed by atoms with van der Waals surface area (Å²) in [7, 11) is 0. The monoisotopic (exact) mass is 241 g/mol. The van der Waals surface area contributed by atoms with Crippen molar-refractivity contribution in [1.82, 2.24) is 0 Å². The average Bonchev–Trinajstić information content (AvgIpc) is 2.38. The van der Waals surface area contributed by atoms with Gasteiger partial charge < -0.3 is 5.73 Å². The molecule has 0 amide bonds. The molecule has 1 aliphatic rings. The first-order valence-corrected chi connectivity index (χ1v) is 6.32. The second-order valence-corrected chi connectivity index (χ2v) is 4.86. The van der Waals surface area contributed by atoms with Crippen molar-refractivity contribution >= 4 is 0 Å². The van der Waals surface area contributed by atoms with Crippen molar-refractivity contribution < 1.29 is 0 Å². The van der Waals surface area contributed by atoms with E-state index in [0.717, 1.165) is 0 Å². The highest BCUT2D eigenvalue weighted by Gasteiger charge is 2.12. The topological polar surface area (TPSA) is 26.0 Å². The zero-order chi connectivity index (χ0) is 13.5. The van der Waals surface area contributed by atoms with Crippen LogP contribution >= 0.6 is 0 Å². The Labute approximate surface area is 111 Å². The van der Waals surface area contributed by atoms with Crippen LogP contribution in [0.3, 0.4) is 0 Å². The van der Waals surface area contributed by atoms with E-state index < -0.39 is 0 Å². The third-order valence-corrected chi connectivity index (χ3v) is 2.99. The summed E-state index contributed by atoms with van der Waals surface area (Å²) < 4.78 is 0. The molecule has 0 heterocycles. The van der Waals surface area contributed by atoms with Crippen LogP contribution in [-0.2, 0) is 0 Å². The summed E-state index contributed by atoms with van der Waals surface area (Å²) in [5.41, 5.74) is 11.1. The molecule has 1 aromatic carbocycles. The van der Waals surface area contributed by atoms with Crippen molar-refractivity contribution in [2.45, 2.75) is 33.7 Å². The standard InChI is InChI=1S/C11H17N.C6H6/c1-7(2)10-5-8(3)11(12)9(4)6-10;1-2-4-6-5-3-1/h5-6,11H,12H2,1-4H3;1-6H. The fraction of sp³-hybridized carbons (Fsp3) is 0.294. The van der Waals surface area contributed by atoms with Crippen molar-refractivity contribution in [2.75, 3.05) is 0 Å². The molecule has 1 aromatic rings. The lowest BCUT2D eigenvalue weighted by atomic mass is 9.91. The van der Waals surface area contributed by atoms with E-state index in [9.17, 15) is 0 Å². The minimum Gasteiger partial charge on any atom is -0.321 e. The molecule has 0 unspecified atom stereocenters. The molecule has 0 fully saturated rings. The van der Waals surface area contributed by atoms with Gasteiger partial charge in [0.05, 0.1) is 0 Å². The zero-order valence-corrected chi connectivity index (χ0v) is 11.8. The Morgan fingerprint density at radius 2 is 1.17 bits per heavy atom. The summed E-state index contributed by atoms with van der Waals surface area (Å²) in [6.07, 6.45) is 4.35. The molecule has 2 N–H and O–H groups in total. The molecule has 1 aliphatic carbocycles. The number of benzene rings is 1. The fourth-order valence-corrected chi connectivity index (χ4v) is 1.74. The quantitative estimate of drug-likeness (QED) is 0.722. The highest BCUT2D eigenvalue weighted by molar-refractivity contribution is 5.46. The molecule has 0 bridgehead atoms.